The molecule has 1 fully saturated rings. The number of rotatable bonds is 2. The monoisotopic (exact) mass is 246 g/mol. The molecule has 72 valence electrons. The van der Waals surface area contributed by atoms with Crippen LogP contribution in [0.1, 0.15) is 18.3 Å². The second kappa shape index (κ2) is 3.82. The topological polar surface area (TPSA) is 42.6 Å². The molecular formula is C9H11BrO3. The molecular weight excluding hydrogens is 236 g/mol. The van der Waals surface area contributed by atoms with Gasteiger partial charge in [0.2, 0.25) is 0 Å². The van der Waals surface area contributed by atoms with Gasteiger partial charge in [-0.15, -0.1) is 0 Å². The summed E-state index contributed by atoms with van der Waals surface area (Å²) in [7, 11) is 0. The van der Waals surface area contributed by atoms with E-state index in [1.165, 1.54) is 0 Å². The van der Waals surface area contributed by atoms with Crippen molar-refractivity contribution in [1.82, 2.24) is 0 Å². The molecule has 2 atom stereocenters. The standard InChI is InChI=1S/C9H11BrO3/c10-7-2-4-13-9(7)8(11)6-1-3-12-5-6/h2,4,6,8,11H,1,3,5H2. The summed E-state index contributed by atoms with van der Waals surface area (Å²) in [6.07, 6.45) is 1.92. The van der Waals surface area contributed by atoms with Crippen LogP contribution < -0.4 is 0 Å². The van der Waals surface area contributed by atoms with E-state index >= 15 is 0 Å². The van der Waals surface area contributed by atoms with Gasteiger partial charge in [0.05, 0.1) is 17.3 Å². The van der Waals surface area contributed by atoms with E-state index in [0.29, 0.717) is 12.4 Å². The summed E-state index contributed by atoms with van der Waals surface area (Å²) in [6.45, 7) is 1.36. The lowest BCUT2D eigenvalue weighted by Crippen LogP contribution is -2.11. The molecule has 0 spiro atoms. The zero-order chi connectivity index (χ0) is 9.26. The molecule has 1 aromatic rings. The Morgan fingerprint density at radius 1 is 1.62 bits per heavy atom. The highest BCUT2D eigenvalue weighted by atomic mass is 79.9. The Morgan fingerprint density at radius 3 is 3.00 bits per heavy atom. The van der Waals surface area contributed by atoms with E-state index in [1.54, 1.807) is 12.3 Å². The average Bonchev–Trinajstić information content (AvgIpc) is 2.72. The van der Waals surface area contributed by atoms with Crippen LogP contribution >= 0.6 is 15.9 Å². The fourth-order valence-corrected chi connectivity index (χ4v) is 1.97. The van der Waals surface area contributed by atoms with E-state index < -0.39 is 6.10 Å². The molecule has 2 heterocycles. The number of hydrogen-bond acceptors (Lipinski definition) is 3. The summed E-state index contributed by atoms with van der Waals surface area (Å²) < 4.78 is 11.2. The van der Waals surface area contributed by atoms with Crippen LogP contribution in [-0.2, 0) is 4.74 Å². The molecule has 2 unspecified atom stereocenters. The van der Waals surface area contributed by atoms with E-state index in [1.807, 2.05) is 0 Å². The quantitative estimate of drug-likeness (QED) is 0.870. The minimum absolute atomic E-state index is 0.169. The van der Waals surface area contributed by atoms with Gasteiger partial charge in [-0.3, -0.25) is 0 Å². The van der Waals surface area contributed by atoms with Crippen molar-refractivity contribution in [3.05, 3.63) is 22.6 Å². The van der Waals surface area contributed by atoms with Crippen molar-refractivity contribution in [3.8, 4) is 0 Å². The highest BCUT2D eigenvalue weighted by molar-refractivity contribution is 9.10. The van der Waals surface area contributed by atoms with Crippen molar-refractivity contribution in [1.29, 1.82) is 0 Å². The predicted octanol–water partition coefficient (Wildman–Crippen LogP) is 2.11. The molecule has 0 aromatic carbocycles. The number of ether oxygens (including phenoxy) is 1. The predicted molar refractivity (Wildman–Crippen MR) is 50.3 cm³/mol. The van der Waals surface area contributed by atoms with Crippen LogP contribution in [0.15, 0.2) is 21.2 Å². The lowest BCUT2D eigenvalue weighted by atomic mass is 10.0. The van der Waals surface area contributed by atoms with Crippen molar-refractivity contribution in [2.75, 3.05) is 13.2 Å². The minimum atomic E-state index is -0.549. The van der Waals surface area contributed by atoms with Crippen LogP contribution in [0.4, 0.5) is 0 Å². The van der Waals surface area contributed by atoms with Gasteiger partial charge in [0.15, 0.2) is 0 Å². The second-order valence-electron chi connectivity index (χ2n) is 3.20. The summed E-state index contributed by atoms with van der Waals surface area (Å²) in [4.78, 5) is 0. The molecule has 0 bridgehead atoms. The van der Waals surface area contributed by atoms with Gasteiger partial charge in [0.25, 0.3) is 0 Å². The zero-order valence-corrected chi connectivity index (χ0v) is 8.66. The van der Waals surface area contributed by atoms with Crippen LogP contribution in [0, 0.1) is 5.92 Å². The summed E-state index contributed by atoms with van der Waals surface area (Å²) in [6, 6.07) is 1.79. The van der Waals surface area contributed by atoms with Crippen LogP contribution in [0.2, 0.25) is 0 Å². The van der Waals surface area contributed by atoms with E-state index in [9.17, 15) is 5.11 Å². The summed E-state index contributed by atoms with van der Waals surface area (Å²) >= 11 is 3.32. The number of furan rings is 1. The van der Waals surface area contributed by atoms with E-state index in [0.717, 1.165) is 17.5 Å². The van der Waals surface area contributed by atoms with E-state index in [4.69, 9.17) is 9.15 Å². The molecule has 1 saturated heterocycles. The van der Waals surface area contributed by atoms with Crippen LogP contribution in [0.3, 0.4) is 0 Å². The first-order valence-electron chi connectivity index (χ1n) is 4.27. The third kappa shape index (κ3) is 1.80. The molecule has 0 radical (unpaired) electrons. The summed E-state index contributed by atoms with van der Waals surface area (Å²) in [5.41, 5.74) is 0. The Morgan fingerprint density at radius 2 is 2.46 bits per heavy atom. The van der Waals surface area contributed by atoms with Crippen molar-refractivity contribution >= 4 is 15.9 Å². The fraction of sp³-hybridized carbons (Fsp3) is 0.556. The summed E-state index contributed by atoms with van der Waals surface area (Å²) in [5, 5.41) is 9.89. The Balaban J connectivity index is 2.12. The van der Waals surface area contributed by atoms with Crippen molar-refractivity contribution in [3.63, 3.8) is 0 Å². The first kappa shape index (κ1) is 9.24. The van der Waals surface area contributed by atoms with Crippen molar-refractivity contribution in [2.45, 2.75) is 12.5 Å². The van der Waals surface area contributed by atoms with Crippen molar-refractivity contribution in [2.24, 2.45) is 5.92 Å². The maximum atomic E-state index is 9.89. The fourth-order valence-electron chi connectivity index (χ4n) is 1.53. The molecule has 1 aliphatic rings. The Bertz CT molecular complexity index is 278. The van der Waals surface area contributed by atoms with Crippen molar-refractivity contribution < 1.29 is 14.3 Å². The highest BCUT2D eigenvalue weighted by Crippen LogP contribution is 2.33. The molecule has 2 rings (SSSR count). The third-order valence-electron chi connectivity index (χ3n) is 2.32. The Kier molecular flexibility index (Phi) is 2.71. The van der Waals surface area contributed by atoms with E-state index in [2.05, 4.69) is 15.9 Å². The van der Waals surface area contributed by atoms with Gasteiger partial charge in [-0.2, -0.15) is 0 Å². The highest BCUT2D eigenvalue weighted by Gasteiger charge is 2.28. The number of halogens is 1. The zero-order valence-electron chi connectivity index (χ0n) is 7.07. The van der Waals surface area contributed by atoms with Gasteiger partial charge >= 0.3 is 0 Å². The molecule has 4 heteroatoms. The Labute approximate surface area is 84.8 Å². The number of aliphatic hydroxyl groups is 1. The van der Waals surface area contributed by atoms with E-state index in [-0.39, 0.29) is 5.92 Å². The SMILES string of the molecule is OC(c1occc1Br)C1CCOC1. The minimum Gasteiger partial charge on any atom is -0.465 e. The first-order chi connectivity index (χ1) is 6.29. The smallest absolute Gasteiger partial charge is 0.146 e. The largest absolute Gasteiger partial charge is 0.465 e. The van der Waals surface area contributed by atoms with Gasteiger partial charge < -0.3 is 14.3 Å². The second-order valence-corrected chi connectivity index (χ2v) is 4.06. The first-order valence-corrected chi connectivity index (χ1v) is 5.07. The van der Waals surface area contributed by atoms with Gasteiger partial charge in [-0.25, -0.2) is 0 Å². The van der Waals surface area contributed by atoms with Crippen LogP contribution in [-0.4, -0.2) is 18.3 Å². The lowest BCUT2D eigenvalue weighted by Gasteiger charge is -2.13. The van der Waals surface area contributed by atoms with Gasteiger partial charge in [-0.05, 0) is 28.4 Å². The molecule has 13 heavy (non-hydrogen) atoms. The molecule has 0 saturated carbocycles. The third-order valence-corrected chi connectivity index (χ3v) is 2.98. The van der Waals surface area contributed by atoms with Gasteiger partial charge in [0.1, 0.15) is 11.9 Å². The molecule has 0 aliphatic carbocycles. The van der Waals surface area contributed by atoms with Gasteiger partial charge in [0, 0.05) is 12.5 Å². The molecule has 3 nitrogen and oxygen atoms in total. The Hall–Kier alpha value is -0.320. The maximum absolute atomic E-state index is 9.89. The molecule has 0 amide bonds. The van der Waals surface area contributed by atoms with Crippen LogP contribution in [0.25, 0.3) is 0 Å². The average molecular weight is 247 g/mol. The number of hydrogen-bond donors (Lipinski definition) is 1. The van der Waals surface area contributed by atoms with Gasteiger partial charge in [-0.1, -0.05) is 0 Å². The maximum Gasteiger partial charge on any atom is 0.146 e. The normalized spacial score (nSPS) is 24.9. The molecule has 1 N–H and O–H groups in total. The molecule has 1 aromatic heterocycles. The summed E-state index contributed by atoms with van der Waals surface area (Å²) in [5.74, 6) is 0.776. The lowest BCUT2D eigenvalue weighted by molar-refractivity contribution is 0.0732. The van der Waals surface area contributed by atoms with Crippen LogP contribution in [0.5, 0.6) is 0 Å². The molecule has 1 aliphatic heterocycles. The number of aliphatic hydroxyl groups excluding tert-OH is 1.